The number of amides is 2. The van der Waals surface area contributed by atoms with E-state index >= 15 is 0 Å². The number of thioether (sulfide) groups is 1. The van der Waals surface area contributed by atoms with E-state index in [0.29, 0.717) is 19.5 Å². The number of esters is 1. The number of imidazole rings is 1. The SMILES string of the molecule is C=CCOC(=O)C1=C(S[C@H]2C[C@@H](CCn3ccnc3)N(C(=O)OCC=C)C2)[C@H](C)[C@@H]2[C@@H]([C@@H](C)O)C(=O)N12. The zero-order valence-corrected chi connectivity index (χ0v) is 22.0. The molecule has 0 bridgehead atoms. The molecule has 1 N–H and O–H groups in total. The Morgan fingerprint density at radius 1 is 1.30 bits per heavy atom. The minimum atomic E-state index is -0.819. The fraction of sp³-hybridized carbons (Fsp3) is 0.538. The van der Waals surface area contributed by atoms with Crippen molar-refractivity contribution in [3.63, 3.8) is 0 Å². The van der Waals surface area contributed by atoms with E-state index in [9.17, 15) is 19.5 Å². The van der Waals surface area contributed by atoms with Crippen LogP contribution in [0.4, 0.5) is 4.79 Å². The average molecular weight is 531 g/mol. The number of aliphatic hydroxyl groups excluding tert-OH is 1. The van der Waals surface area contributed by atoms with Crippen LogP contribution < -0.4 is 0 Å². The Balaban J connectivity index is 1.55. The maximum atomic E-state index is 13.0. The van der Waals surface area contributed by atoms with Gasteiger partial charge in [0.05, 0.1) is 24.4 Å². The number of rotatable bonds is 11. The van der Waals surface area contributed by atoms with Crippen molar-refractivity contribution in [2.24, 2.45) is 11.8 Å². The van der Waals surface area contributed by atoms with Gasteiger partial charge < -0.3 is 28.9 Å². The molecule has 2 saturated heterocycles. The molecule has 10 nitrogen and oxygen atoms in total. The summed E-state index contributed by atoms with van der Waals surface area (Å²) in [6.45, 7) is 12.1. The third kappa shape index (κ3) is 5.33. The van der Waals surface area contributed by atoms with Crippen LogP contribution in [0.25, 0.3) is 0 Å². The number of aryl methyl sites for hydroxylation is 1. The summed E-state index contributed by atoms with van der Waals surface area (Å²) in [6.07, 6.45) is 8.56. The van der Waals surface area contributed by atoms with Crippen LogP contribution in [0, 0.1) is 11.8 Å². The van der Waals surface area contributed by atoms with Gasteiger partial charge in [-0.15, -0.1) is 11.8 Å². The van der Waals surface area contributed by atoms with E-state index in [4.69, 9.17) is 9.47 Å². The molecule has 2 amide bonds. The summed E-state index contributed by atoms with van der Waals surface area (Å²) in [6, 6.07) is -0.358. The van der Waals surface area contributed by atoms with Crippen LogP contribution in [0.2, 0.25) is 0 Å². The molecule has 1 aromatic heterocycles. The first-order valence-corrected chi connectivity index (χ1v) is 13.4. The lowest BCUT2D eigenvalue weighted by Crippen LogP contribution is -2.63. The summed E-state index contributed by atoms with van der Waals surface area (Å²) in [7, 11) is 0. The van der Waals surface area contributed by atoms with Crippen LogP contribution >= 0.6 is 11.8 Å². The van der Waals surface area contributed by atoms with Crippen molar-refractivity contribution in [3.8, 4) is 0 Å². The van der Waals surface area contributed by atoms with Gasteiger partial charge in [-0.2, -0.15) is 0 Å². The largest absolute Gasteiger partial charge is 0.457 e. The van der Waals surface area contributed by atoms with E-state index in [1.807, 2.05) is 17.7 Å². The summed E-state index contributed by atoms with van der Waals surface area (Å²) in [5.41, 5.74) is 0.244. The van der Waals surface area contributed by atoms with Crippen LogP contribution in [0.5, 0.6) is 0 Å². The van der Waals surface area contributed by atoms with Crippen molar-refractivity contribution >= 4 is 29.7 Å². The lowest BCUT2D eigenvalue weighted by Gasteiger charge is -2.46. The third-order valence-corrected chi connectivity index (χ3v) is 8.64. The minimum Gasteiger partial charge on any atom is -0.457 e. The number of nitrogens with zero attached hydrogens (tertiary/aromatic N) is 4. The number of carbonyl (C=O) groups is 3. The molecule has 4 rings (SSSR count). The molecule has 1 aromatic rings. The lowest BCUT2D eigenvalue weighted by atomic mass is 9.79. The highest BCUT2D eigenvalue weighted by Crippen LogP contribution is 2.52. The first-order chi connectivity index (χ1) is 17.8. The molecule has 3 aliphatic rings. The van der Waals surface area contributed by atoms with Crippen LogP contribution in [-0.2, 0) is 25.6 Å². The number of fused-ring (bicyclic) bond motifs is 1. The molecule has 0 radical (unpaired) electrons. The highest BCUT2D eigenvalue weighted by molar-refractivity contribution is 8.03. The van der Waals surface area contributed by atoms with Crippen LogP contribution in [-0.4, -0.2) is 85.6 Å². The second-order valence-corrected chi connectivity index (χ2v) is 10.9. The van der Waals surface area contributed by atoms with E-state index in [0.717, 1.165) is 11.3 Å². The number of likely N-dealkylation sites (tertiary alicyclic amines) is 1. The van der Waals surface area contributed by atoms with Gasteiger partial charge in [0.1, 0.15) is 18.9 Å². The van der Waals surface area contributed by atoms with Crippen molar-refractivity contribution in [1.82, 2.24) is 19.4 Å². The van der Waals surface area contributed by atoms with Gasteiger partial charge in [0.15, 0.2) is 0 Å². The van der Waals surface area contributed by atoms with E-state index in [-0.39, 0.29) is 48.1 Å². The zero-order valence-electron chi connectivity index (χ0n) is 21.2. The van der Waals surface area contributed by atoms with Crippen molar-refractivity contribution in [3.05, 3.63) is 54.6 Å². The summed E-state index contributed by atoms with van der Waals surface area (Å²) in [4.78, 5) is 46.8. The van der Waals surface area contributed by atoms with Gasteiger partial charge in [-0.25, -0.2) is 14.6 Å². The molecule has 0 unspecified atom stereocenters. The molecule has 11 heteroatoms. The first-order valence-electron chi connectivity index (χ1n) is 12.5. The normalized spacial score (nSPS) is 27.5. The number of aliphatic hydroxyl groups is 1. The molecule has 6 atom stereocenters. The Hall–Kier alpha value is -3.05. The van der Waals surface area contributed by atoms with E-state index in [1.54, 1.807) is 24.3 Å². The Morgan fingerprint density at radius 2 is 2.03 bits per heavy atom. The molecular formula is C26H34N4O6S. The van der Waals surface area contributed by atoms with Crippen molar-refractivity contribution in [2.45, 2.75) is 56.7 Å². The molecule has 0 spiro atoms. The van der Waals surface area contributed by atoms with Crippen molar-refractivity contribution < 1.29 is 29.0 Å². The molecule has 200 valence electrons. The Morgan fingerprint density at radius 3 is 2.68 bits per heavy atom. The average Bonchev–Trinajstić information content (AvgIpc) is 3.58. The van der Waals surface area contributed by atoms with Gasteiger partial charge in [-0.1, -0.05) is 32.2 Å². The summed E-state index contributed by atoms with van der Waals surface area (Å²) in [5.74, 6) is -1.56. The second-order valence-electron chi connectivity index (χ2n) is 9.59. The summed E-state index contributed by atoms with van der Waals surface area (Å²) in [5, 5.41) is 10.2. The quantitative estimate of drug-likeness (QED) is 0.264. The highest BCUT2D eigenvalue weighted by Gasteiger charge is 2.60. The van der Waals surface area contributed by atoms with Gasteiger partial charge in [-0.05, 0) is 19.8 Å². The van der Waals surface area contributed by atoms with Gasteiger partial charge in [-0.3, -0.25) is 4.79 Å². The molecule has 0 aliphatic carbocycles. The van der Waals surface area contributed by atoms with Gasteiger partial charge >= 0.3 is 12.1 Å². The molecule has 37 heavy (non-hydrogen) atoms. The third-order valence-electron chi connectivity index (χ3n) is 7.14. The molecule has 0 aromatic carbocycles. The number of β-lactam (4-membered cyclic amide) rings is 1. The van der Waals surface area contributed by atoms with E-state index < -0.39 is 24.1 Å². The second kappa shape index (κ2) is 11.6. The number of ether oxygens (including phenoxy) is 2. The summed E-state index contributed by atoms with van der Waals surface area (Å²) < 4.78 is 12.6. The smallest absolute Gasteiger partial charge is 0.410 e. The predicted molar refractivity (Wildman–Crippen MR) is 138 cm³/mol. The Kier molecular flexibility index (Phi) is 8.43. The molecule has 2 fully saturated rings. The minimum absolute atomic E-state index is 0.0116. The number of carbonyl (C=O) groups excluding carboxylic acids is 3. The standard InChI is InChI=1S/C26H34N4O6S/c1-5-11-35-25(33)22-23(16(3)21-20(17(4)31)24(32)30(21)22)37-19-13-18(7-9-28-10-8-27-15-28)29(14-19)26(34)36-12-6-2/h5-6,8,10,15-21,31H,1-2,7,9,11-14H2,3-4H3/t16-,17-,18-,19+,20-,21-/m1/s1. The van der Waals surface area contributed by atoms with Gasteiger partial charge in [0.2, 0.25) is 5.91 Å². The number of hydrogen-bond donors (Lipinski definition) is 1. The topological polar surface area (TPSA) is 114 Å². The number of aromatic nitrogens is 2. The molecule has 4 heterocycles. The van der Waals surface area contributed by atoms with Crippen molar-refractivity contribution in [2.75, 3.05) is 19.8 Å². The molecule has 3 aliphatic heterocycles. The highest BCUT2D eigenvalue weighted by atomic mass is 32.2. The van der Waals surface area contributed by atoms with E-state index in [1.165, 1.54) is 28.8 Å². The zero-order chi connectivity index (χ0) is 26.7. The lowest BCUT2D eigenvalue weighted by molar-refractivity contribution is -0.164. The first kappa shape index (κ1) is 27.0. The summed E-state index contributed by atoms with van der Waals surface area (Å²) >= 11 is 1.52. The fourth-order valence-corrected chi connectivity index (χ4v) is 7.00. The van der Waals surface area contributed by atoms with E-state index in [2.05, 4.69) is 18.1 Å². The maximum Gasteiger partial charge on any atom is 0.410 e. The van der Waals surface area contributed by atoms with Crippen molar-refractivity contribution in [1.29, 1.82) is 0 Å². The number of hydrogen-bond acceptors (Lipinski definition) is 8. The Labute approximate surface area is 221 Å². The predicted octanol–water partition coefficient (Wildman–Crippen LogP) is 2.57. The van der Waals surface area contributed by atoms with Crippen LogP contribution in [0.3, 0.4) is 0 Å². The van der Waals surface area contributed by atoms with Crippen LogP contribution in [0.15, 0.2) is 54.6 Å². The van der Waals surface area contributed by atoms with Gasteiger partial charge in [0, 0.05) is 47.6 Å². The maximum absolute atomic E-state index is 13.0. The monoisotopic (exact) mass is 530 g/mol. The van der Waals surface area contributed by atoms with Gasteiger partial charge in [0.25, 0.3) is 0 Å². The Bertz CT molecular complexity index is 1070. The van der Waals surface area contributed by atoms with Crippen LogP contribution in [0.1, 0.15) is 26.7 Å². The molecular weight excluding hydrogens is 496 g/mol. The fourth-order valence-electron chi connectivity index (χ4n) is 5.44. The molecule has 0 saturated carbocycles.